The lowest BCUT2D eigenvalue weighted by Gasteiger charge is -2.22. The van der Waals surface area contributed by atoms with E-state index in [1.165, 1.54) is 18.2 Å². The zero-order chi connectivity index (χ0) is 19.9. The van der Waals surface area contributed by atoms with Crippen LogP contribution < -0.4 is 10.0 Å². The maximum atomic E-state index is 11.8. The highest BCUT2D eigenvalue weighted by Crippen LogP contribution is 2.11. The monoisotopic (exact) mass is 516 g/mol. The Bertz CT molecular complexity index is 866. The number of halogens is 1. The van der Waals surface area contributed by atoms with E-state index in [-0.39, 0.29) is 28.9 Å². The van der Waals surface area contributed by atoms with Crippen molar-refractivity contribution in [1.82, 2.24) is 14.9 Å². The molecule has 0 aliphatic carbocycles. The predicted molar refractivity (Wildman–Crippen MR) is 126 cm³/mol. The van der Waals surface area contributed by atoms with Gasteiger partial charge in [0.25, 0.3) is 0 Å². The van der Waals surface area contributed by atoms with Crippen LogP contribution in [0.25, 0.3) is 0 Å². The number of sulfonamides is 1. The van der Waals surface area contributed by atoms with Gasteiger partial charge in [-0.15, -0.1) is 24.0 Å². The van der Waals surface area contributed by atoms with Crippen LogP contribution in [0.4, 0.5) is 0 Å². The van der Waals surface area contributed by atoms with Gasteiger partial charge < -0.3 is 10.2 Å². The summed E-state index contributed by atoms with van der Waals surface area (Å²) in [6.07, 6.45) is 1.04. The number of benzene rings is 2. The molecule has 0 bridgehead atoms. The molecule has 154 valence electrons. The molecule has 2 aromatic rings. The van der Waals surface area contributed by atoms with Crippen molar-refractivity contribution in [2.24, 2.45) is 4.99 Å². The molecule has 0 atom stereocenters. The molecule has 28 heavy (non-hydrogen) atoms. The zero-order valence-corrected chi connectivity index (χ0v) is 19.9. The maximum absolute atomic E-state index is 11.8. The van der Waals surface area contributed by atoms with Crippen molar-refractivity contribution in [3.63, 3.8) is 0 Å². The van der Waals surface area contributed by atoms with Crippen LogP contribution in [-0.4, -0.2) is 40.4 Å². The average Bonchev–Trinajstić information content (AvgIpc) is 2.69. The summed E-state index contributed by atoms with van der Waals surface area (Å²) in [5.41, 5.74) is 3.53. The maximum Gasteiger partial charge on any atom is 0.240 e. The number of guanidine groups is 1. The number of nitrogens with one attached hydrogen (secondary N) is 2. The summed E-state index contributed by atoms with van der Waals surface area (Å²) < 4.78 is 25.9. The molecule has 0 spiro atoms. The summed E-state index contributed by atoms with van der Waals surface area (Å²) in [6.45, 7) is 3.46. The minimum Gasteiger partial charge on any atom is -0.352 e. The lowest BCUT2D eigenvalue weighted by Crippen LogP contribution is -2.38. The second-order valence-electron chi connectivity index (χ2n) is 6.28. The minimum atomic E-state index is -3.41. The zero-order valence-electron chi connectivity index (χ0n) is 16.8. The highest BCUT2D eigenvalue weighted by atomic mass is 127. The highest BCUT2D eigenvalue weighted by molar-refractivity contribution is 14.0. The molecule has 0 aromatic heterocycles. The number of nitrogens with zero attached hydrogens (tertiary/aromatic N) is 2. The van der Waals surface area contributed by atoms with Crippen LogP contribution in [0.2, 0.25) is 0 Å². The van der Waals surface area contributed by atoms with E-state index in [9.17, 15) is 8.42 Å². The third-order valence-electron chi connectivity index (χ3n) is 4.38. The van der Waals surface area contributed by atoms with Gasteiger partial charge in [-0.2, -0.15) is 0 Å². The SMILES string of the molecule is CCc1ccc(CN(C)C(=NC)NCc2ccc(S(=O)(=O)NC)cc2)cc1.I. The molecule has 0 aliphatic heterocycles. The van der Waals surface area contributed by atoms with Crippen molar-refractivity contribution >= 4 is 40.0 Å². The predicted octanol–water partition coefficient (Wildman–Crippen LogP) is 2.98. The van der Waals surface area contributed by atoms with Gasteiger partial charge in [0.2, 0.25) is 10.0 Å². The lowest BCUT2D eigenvalue weighted by atomic mass is 10.1. The van der Waals surface area contributed by atoms with Crippen molar-refractivity contribution in [3.8, 4) is 0 Å². The second kappa shape index (κ2) is 11.4. The Morgan fingerprint density at radius 3 is 2.04 bits per heavy atom. The van der Waals surface area contributed by atoms with Crippen LogP contribution in [0.3, 0.4) is 0 Å². The molecule has 0 heterocycles. The lowest BCUT2D eigenvalue weighted by molar-refractivity contribution is 0.476. The third-order valence-corrected chi connectivity index (χ3v) is 5.81. The van der Waals surface area contributed by atoms with Gasteiger partial charge in [0.05, 0.1) is 4.90 Å². The Kier molecular flexibility index (Phi) is 9.91. The number of hydrogen-bond acceptors (Lipinski definition) is 3. The molecule has 0 fully saturated rings. The molecule has 0 radical (unpaired) electrons. The summed E-state index contributed by atoms with van der Waals surface area (Å²) in [5, 5.41) is 3.31. The van der Waals surface area contributed by atoms with E-state index in [1.54, 1.807) is 31.3 Å². The summed E-state index contributed by atoms with van der Waals surface area (Å²) in [6, 6.07) is 15.4. The Labute approximate surface area is 185 Å². The summed E-state index contributed by atoms with van der Waals surface area (Å²) in [7, 11) is 1.74. The van der Waals surface area contributed by atoms with Crippen molar-refractivity contribution in [1.29, 1.82) is 0 Å². The Morgan fingerprint density at radius 2 is 1.54 bits per heavy atom. The van der Waals surface area contributed by atoms with Crippen LogP contribution in [0.15, 0.2) is 58.4 Å². The fourth-order valence-electron chi connectivity index (χ4n) is 2.70. The van der Waals surface area contributed by atoms with Crippen molar-refractivity contribution in [3.05, 3.63) is 65.2 Å². The molecule has 2 rings (SSSR count). The van der Waals surface area contributed by atoms with E-state index in [1.807, 2.05) is 7.05 Å². The van der Waals surface area contributed by atoms with E-state index >= 15 is 0 Å². The Morgan fingerprint density at radius 1 is 1.00 bits per heavy atom. The van der Waals surface area contributed by atoms with E-state index in [0.29, 0.717) is 6.54 Å². The van der Waals surface area contributed by atoms with Gasteiger partial charge in [0.1, 0.15) is 0 Å². The standard InChI is InChI=1S/C20H28N4O2S.HI/c1-5-16-6-8-18(9-7-16)15-24(4)20(21-2)23-14-17-10-12-19(13-11-17)27(25,26)22-3;/h6-13,22H,5,14-15H2,1-4H3,(H,21,23);1H. The van der Waals surface area contributed by atoms with Crippen molar-refractivity contribution in [2.75, 3.05) is 21.1 Å². The average molecular weight is 516 g/mol. The fourth-order valence-corrected chi connectivity index (χ4v) is 3.43. The van der Waals surface area contributed by atoms with E-state index < -0.39 is 10.0 Å². The number of rotatable bonds is 7. The normalized spacial score (nSPS) is 11.6. The van der Waals surface area contributed by atoms with Gasteiger partial charge in [-0.1, -0.05) is 43.3 Å². The molecule has 2 N–H and O–H groups in total. The van der Waals surface area contributed by atoms with Crippen LogP contribution >= 0.6 is 24.0 Å². The first-order valence-corrected chi connectivity index (χ1v) is 10.4. The van der Waals surface area contributed by atoms with Crippen molar-refractivity contribution < 1.29 is 8.42 Å². The van der Waals surface area contributed by atoms with Crippen molar-refractivity contribution in [2.45, 2.75) is 31.3 Å². The molecule has 2 aromatic carbocycles. The number of aliphatic imine (C=N–C) groups is 1. The summed E-state index contributed by atoms with van der Waals surface area (Å²) in [5.74, 6) is 0.779. The third kappa shape index (κ3) is 6.75. The fraction of sp³-hybridized carbons (Fsp3) is 0.350. The second-order valence-corrected chi connectivity index (χ2v) is 8.16. The molecule has 6 nitrogen and oxygen atoms in total. The number of hydrogen-bond donors (Lipinski definition) is 2. The molecular formula is C20H29IN4O2S. The Balaban J connectivity index is 0.00000392. The van der Waals surface area contributed by atoms with Gasteiger partial charge in [0, 0.05) is 27.2 Å². The van der Waals surface area contributed by atoms with E-state index in [4.69, 9.17) is 0 Å². The highest BCUT2D eigenvalue weighted by Gasteiger charge is 2.11. The van der Waals surface area contributed by atoms with Gasteiger partial charge in [-0.25, -0.2) is 13.1 Å². The number of aryl methyl sites for hydroxylation is 1. The van der Waals surface area contributed by atoms with Crippen LogP contribution in [0.1, 0.15) is 23.6 Å². The van der Waals surface area contributed by atoms with Crippen LogP contribution in [0, 0.1) is 0 Å². The minimum absolute atomic E-state index is 0. The molecule has 8 heteroatoms. The molecule has 0 unspecified atom stereocenters. The topological polar surface area (TPSA) is 73.8 Å². The van der Waals surface area contributed by atoms with E-state index in [0.717, 1.165) is 24.5 Å². The first kappa shape index (κ1) is 24.4. The van der Waals surface area contributed by atoms with Crippen LogP contribution in [-0.2, 0) is 29.5 Å². The van der Waals surface area contributed by atoms with Gasteiger partial charge >= 0.3 is 0 Å². The van der Waals surface area contributed by atoms with Gasteiger partial charge in [-0.05, 0) is 42.3 Å². The van der Waals surface area contributed by atoms with E-state index in [2.05, 4.69) is 51.1 Å². The van der Waals surface area contributed by atoms with Gasteiger partial charge in [-0.3, -0.25) is 4.99 Å². The summed E-state index contributed by atoms with van der Waals surface area (Å²) in [4.78, 5) is 6.64. The first-order chi connectivity index (χ1) is 12.9. The molecule has 0 aliphatic rings. The Hall–Kier alpha value is -1.65. The smallest absolute Gasteiger partial charge is 0.240 e. The quantitative estimate of drug-likeness (QED) is 0.337. The molecule has 0 saturated carbocycles. The summed E-state index contributed by atoms with van der Waals surface area (Å²) >= 11 is 0. The van der Waals surface area contributed by atoms with Crippen LogP contribution in [0.5, 0.6) is 0 Å². The molecule has 0 amide bonds. The molecular weight excluding hydrogens is 487 g/mol. The van der Waals surface area contributed by atoms with Gasteiger partial charge in [0.15, 0.2) is 5.96 Å². The largest absolute Gasteiger partial charge is 0.352 e. The first-order valence-electron chi connectivity index (χ1n) is 8.91. The molecule has 0 saturated heterocycles.